The minimum atomic E-state index is -3.68. The van der Waals surface area contributed by atoms with E-state index in [4.69, 9.17) is 4.42 Å². The van der Waals surface area contributed by atoms with Crippen molar-refractivity contribution in [1.29, 1.82) is 0 Å². The summed E-state index contributed by atoms with van der Waals surface area (Å²) in [6.07, 6.45) is 2.59. The molecule has 0 spiro atoms. The third-order valence-corrected chi connectivity index (χ3v) is 6.56. The summed E-state index contributed by atoms with van der Waals surface area (Å²) in [6, 6.07) is 21.0. The highest BCUT2D eigenvalue weighted by Gasteiger charge is 2.29. The fourth-order valence-corrected chi connectivity index (χ4v) is 4.15. The maximum atomic E-state index is 13.4. The van der Waals surface area contributed by atoms with Crippen molar-refractivity contribution in [1.82, 2.24) is 14.5 Å². The van der Waals surface area contributed by atoms with Crippen molar-refractivity contribution in [3.05, 3.63) is 95.9 Å². The number of sulfonamides is 1. The Morgan fingerprint density at radius 1 is 0.912 bits per heavy atom. The minimum Gasteiger partial charge on any atom is -0.467 e. The van der Waals surface area contributed by atoms with Crippen LogP contribution < -0.4 is 5.32 Å². The number of hydrogen-bond acceptors (Lipinski definition) is 5. The maximum Gasteiger partial charge on any atom is 0.242 e. The lowest BCUT2D eigenvalue weighted by Crippen LogP contribution is -2.50. The molecule has 0 saturated heterocycles. The second-order valence-electron chi connectivity index (χ2n) is 8.00. The monoisotopic (exact) mass is 483 g/mol. The number of carbonyl (C=O) groups excluding carboxylic acids is 2. The maximum absolute atomic E-state index is 13.4. The van der Waals surface area contributed by atoms with Crippen LogP contribution in [0.15, 0.2) is 83.5 Å². The van der Waals surface area contributed by atoms with Gasteiger partial charge in [-0.1, -0.05) is 60.7 Å². The van der Waals surface area contributed by atoms with Crippen LogP contribution in [0.1, 0.15) is 23.8 Å². The Balaban J connectivity index is 1.78. The SMILES string of the molecule is C[C@H](C(=O)NCc1ccco1)N(Cc1ccccc1)C(=O)CN(Cc1ccccc1)S(C)(=O)=O. The normalized spacial score (nSPS) is 12.3. The third kappa shape index (κ3) is 7.29. The van der Waals surface area contributed by atoms with Crippen molar-refractivity contribution in [3.63, 3.8) is 0 Å². The first-order valence-corrected chi connectivity index (χ1v) is 12.7. The van der Waals surface area contributed by atoms with E-state index in [1.54, 1.807) is 31.2 Å². The highest BCUT2D eigenvalue weighted by molar-refractivity contribution is 7.88. The minimum absolute atomic E-state index is 0.0592. The van der Waals surface area contributed by atoms with E-state index in [0.29, 0.717) is 5.76 Å². The largest absolute Gasteiger partial charge is 0.467 e. The second-order valence-corrected chi connectivity index (χ2v) is 9.98. The Morgan fingerprint density at radius 3 is 2.03 bits per heavy atom. The number of nitrogens with zero attached hydrogens (tertiary/aromatic N) is 2. The molecule has 1 aromatic heterocycles. The predicted molar refractivity (Wildman–Crippen MR) is 129 cm³/mol. The van der Waals surface area contributed by atoms with Gasteiger partial charge in [-0.3, -0.25) is 9.59 Å². The zero-order valence-corrected chi connectivity index (χ0v) is 20.1. The Hall–Kier alpha value is -3.43. The van der Waals surface area contributed by atoms with Gasteiger partial charge in [-0.25, -0.2) is 8.42 Å². The molecular weight excluding hydrogens is 454 g/mol. The fraction of sp³-hybridized carbons (Fsp3) is 0.280. The van der Waals surface area contributed by atoms with Gasteiger partial charge >= 0.3 is 0 Å². The standard InChI is InChI=1S/C25H29N3O5S/c1-20(25(30)26-16-23-14-9-15-33-23)28(18-22-12-7-4-8-13-22)24(29)19-27(34(2,31)32)17-21-10-5-3-6-11-21/h3-15,20H,16-19H2,1-2H3,(H,26,30)/t20-/m1/s1. The van der Waals surface area contributed by atoms with E-state index in [2.05, 4.69) is 5.32 Å². The zero-order chi connectivity index (χ0) is 24.6. The van der Waals surface area contributed by atoms with Crippen LogP contribution in [-0.2, 0) is 39.2 Å². The molecule has 0 aliphatic heterocycles. The first-order chi connectivity index (χ1) is 16.2. The van der Waals surface area contributed by atoms with Crippen LogP contribution in [0.4, 0.5) is 0 Å². The van der Waals surface area contributed by atoms with Crippen LogP contribution >= 0.6 is 0 Å². The average Bonchev–Trinajstić information content (AvgIpc) is 3.34. The summed E-state index contributed by atoms with van der Waals surface area (Å²) in [6.45, 7) is 1.66. The number of amides is 2. The Bertz CT molecular complexity index is 1170. The molecule has 3 aromatic rings. The molecule has 0 saturated carbocycles. The molecule has 0 fully saturated rings. The average molecular weight is 484 g/mol. The van der Waals surface area contributed by atoms with E-state index in [1.165, 1.54) is 11.2 Å². The molecular formula is C25H29N3O5S. The van der Waals surface area contributed by atoms with Crippen LogP contribution in [-0.4, -0.2) is 48.3 Å². The number of furan rings is 1. The molecule has 1 atom stereocenters. The zero-order valence-electron chi connectivity index (χ0n) is 19.3. The van der Waals surface area contributed by atoms with Crippen molar-refractivity contribution >= 4 is 21.8 Å². The summed E-state index contributed by atoms with van der Waals surface area (Å²) < 4.78 is 31.3. The fourth-order valence-electron chi connectivity index (χ4n) is 3.42. The van der Waals surface area contributed by atoms with Gasteiger partial charge in [-0.2, -0.15) is 4.31 Å². The molecule has 1 heterocycles. The summed E-state index contributed by atoms with van der Waals surface area (Å²) in [4.78, 5) is 27.7. The predicted octanol–water partition coefficient (Wildman–Crippen LogP) is 2.77. The molecule has 2 aromatic carbocycles. The van der Waals surface area contributed by atoms with Gasteiger partial charge in [0, 0.05) is 13.1 Å². The highest BCUT2D eigenvalue weighted by atomic mass is 32.2. The highest BCUT2D eigenvalue weighted by Crippen LogP contribution is 2.14. The van der Waals surface area contributed by atoms with Gasteiger partial charge in [0.1, 0.15) is 11.8 Å². The Kier molecular flexibility index (Phi) is 8.61. The van der Waals surface area contributed by atoms with Gasteiger partial charge in [0.25, 0.3) is 0 Å². The van der Waals surface area contributed by atoms with E-state index in [9.17, 15) is 18.0 Å². The lowest BCUT2D eigenvalue weighted by atomic mass is 10.1. The molecule has 3 rings (SSSR count). The van der Waals surface area contributed by atoms with Gasteiger partial charge < -0.3 is 14.6 Å². The van der Waals surface area contributed by atoms with Gasteiger partial charge in [0.2, 0.25) is 21.8 Å². The molecule has 34 heavy (non-hydrogen) atoms. The quantitative estimate of drug-likeness (QED) is 0.452. The number of benzene rings is 2. The van der Waals surface area contributed by atoms with E-state index >= 15 is 0 Å². The molecule has 0 radical (unpaired) electrons. The molecule has 9 heteroatoms. The Morgan fingerprint density at radius 2 is 1.50 bits per heavy atom. The van der Waals surface area contributed by atoms with Gasteiger partial charge in [-0.15, -0.1) is 0 Å². The van der Waals surface area contributed by atoms with Crippen LogP contribution in [0.2, 0.25) is 0 Å². The van der Waals surface area contributed by atoms with Crippen molar-refractivity contribution < 1.29 is 22.4 Å². The smallest absolute Gasteiger partial charge is 0.242 e. The van der Waals surface area contributed by atoms with Crippen LogP contribution in [0.3, 0.4) is 0 Å². The van der Waals surface area contributed by atoms with E-state index < -0.39 is 22.0 Å². The molecule has 0 unspecified atom stereocenters. The molecule has 0 bridgehead atoms. The first-order valence-electron chi connectivity index (χ1n) is 10.9. The molecule has 0 aliphatic rings. The van der Waals surface area contributed by atoms with Crippen LogP contribution in [0.25, 0.3) is 0 Å². The van der Waals surface area contributed by atoms with Crippen molar-refractivity contribution in [2.24, 2.45) is 0 Å². The summed E-state index contributed by atoms with van der Waals surface area (Å²) >= 11 is 0. The molecule has 180 valence electrons. The van der Waals surface area contributed by atoms with E-state index in [1.807, 2.05) is 48.5 Å². The number of rotatable bonds is 11. The van der Waals surface area contributed by atoms with E-state index in [-0.39, 0.29) is 32.1 Å². The van der Waals surface area contributed by atoms with Crippen molar-refractivity contribution in [2.45, 2.75) is 32.6 Å². The summed E-state index contributed by atoms with van der Waals surface area (Å²) in [7, 11) is -3.68. The molecule has 0 aliphatic carbocycles. The summed E-state index contributed by atoms with van der Waals surface area (Å²) in [5.41, 5.74) is 1.59. The number of nitrogens with one attached hydrogen (secondary N) is 1. The molecule has 8 nitrogen and oxygen atoms in total. The topological polar surface area (TPSA) is 99.9 Å². The lowest BCUT2D eigenvalue weighted by Gasteiger charge is -2.31. The van der Waals surface area contributed by atoms with Crippen molar-refractivity contribution in [3.8, 4) is 0 Å². The lowest BCUT2D eigenvalue weighted by molar-refractivity contribution is -0.140. The molecule has 1 N–H and O–H groups in total. The molecule has 2 amide bonds. The van der Waals surface area contributed by atoms with Gasteiger partial charge in [0.05, 0.1) is 25.6 Å². The van der Waals surface area contributed by atoms with E-state index in [0.717, 1.165) is 21.7 Å². The number of carbonyl (C=O) groups is 2. The van der Waals surface area contributed by atoms with Gasteiger partial charge in [-0.05, 0) is 30.2 Å². The summed E-state index contributed by atoms with van der Waals surface area (Å²) in [5.74, 6) is -0.242. The number of hydrogen-bond donors (Lipinski definition) is 1. The Labute approximate surface area is 200 Å². The van der Waals surface area contributed by atoms with Gasteiger partial charge in [0.15, 0.2) is 0 Å². The second kappa shape index (κ2) is 11.6. The van der Waals surface area contributed by atoms with Crippen LogP contribution in [0.5, 0.6) is 0 Å². The summed E-state index contributed by atoms with van der Waals surface area (Å²) in [5, 5.41) is 2.77. The van der Waals surface area contributed by atoms with Crippen LogP contribution in [0, 0.1) is 0 Å². The first kappa shape index (κ1) is 25.2. The third-order valence-electron chi connectivity index (χ3n) is 5.36. The van der Waals surface area contributed by atoms with Crippen molar-refractivity contribution in [2.75, 3.05) is 12.8 Å².